The summed E-state index contributed by atoms with van der Waals surface area (Å²) in [7, 11) is 0. The number of alkyl carbamates (subject to hydrolysis) is 1. The molecule has 12 rings (SSSR count). The van der Waals surface area contributed by atoms with E-state index in [1.165, 1.54) is 14.0 Å². The molecule has 28 heteroatoms. The zero-order valence-electron chi connectivity index (χ0n) is 64.8. The summed E-state index contributed by atoms with van der Waals surface area (Å²) in [5.74, 6) is -7.94. The van der Waals surface area contributed by atoms with Crippen molar-refractivity contribution in [2.24, 2.45) is 17.2 Å². The van der Waals surface area contributed by atoms with Crippen LogP contribution in [-0.4, -0.2) is 118 Å². The number of benzene rings is 9. The number of rotatable bonds is 33. The molecule has 3 heterocycles. The van der Waals surface area contributed by atoms with Crippen LogP contribution in [0.5, 0.6) is 0 Å². The number of amides is 9. The van der Waals surface area contributed by atoms with Crippen molar-refractivity contribution < 1.29 is 62.3 Å². The SMILES string of the molecule is Cc1cc(C(=O)NC(Cc2ccccc2)C(=O)C(N)=O)n(-c2ccc(CNC(=O)CCc3ccccc3)cc2)n1.Cc1cc(C(=O)NC(Cc2ccccc2)C(=O)C(N)=O)n(-c2ccc(CNC(=O)OCc3ccccc3)cc2)n1.Cc1cc(C(=O)NC(Cc2ccccc2)C(=O)C(N)=O)n(-c2ccc(CNC(=O)c3ccccc3)cc2)n1. The van der Waals surface area contributed by atoms with Crippen molar-refractivity contribution in [2.45, 2.75) is 97.2 Å². The lowest BCUT2D eigenvalue weighted by atomic mass is 10.0. The number of aryl methyl sites for hydroxylation is 4. The number of carbonyl (C=O) groups is 12. The van der Waals surface area contributed by atoms with Crippen molar-refractivity contribution in [1.29, 1.82) is 0 Å². The van der Waals surface area contributed by atoms with Crippen LogP contribution < -0.4 is 49.1 Å². The molecule has 0 radical (unpaired) electrons. The van der Waals surface area contributed by atoms with Gasteiger partial charge in [0.2, 0.25) is 23.3 Å². The van der Waals surface area contributed by atoms with Gasteiger partial charge in [0.25, 0.3) is 41.4 Å². The zero-order valence-corrected chi connectivity index (χ0v) is 64.8. The van der Waals surface area contributed by atoms with Gasteiger partial charge < -0.3 is 53.8 Å². The molecule has 9 amide bonds. The lowest BCUT2D eigenvalue weighted by molar-refractivity contribution is -0.137. The van der Waals surface area contributed by atoms with E-state index in [1.54, 1.807) is 185 Å². The van der Waals surface area contributed by atoms with E-state index in [0.29, 0.717) is 65.6 Å². The molecule has 9 aromatic carbocycles. The smallest absolute Gasteiger partial charge is 0.407 e. The molecule has 600 valence electrons. The number of ketones is 3. The topological polar surface area (TPSA) is 418 Å². The average molecular weight is 1590 g/mol. The average Bonchev–Trinajstić information content (AvgIpc) is 1.66. The summed E-state index contributed by atoms with van der Waals surface area (Å²) in [4.78, 5) is 149. The number of ether oxygens (including phenoxy) is 1. The summed E-state index contributed by atoms with van der Waals surface area (Å²) in [6, 6.07) is 78.3. The van der Waals surface area contributed by atoms with Crippen molar-refractivity contribution >= 4 is 70.7 Å². The molecule has 28 nitrogen and oxygen atoms in total. The van der Waals surface area contributed by atoms with Crippen molar-refractivity contribution in [1.82, 2.24) is 61.2 Å². The third-order valence-corrected chi connectivity index (χ3v) is 18.3. The third-order valence-electron chi connectivity index (χ3n) is 18.3. The van der Waals surface area contributed by atoms with Gasteiger partial charge in [-0.3, -0.25) is 52.7 Å². The third kappa shape index (κ3) is 25.1. The van der Waals surface area contributed by atoms with Crippen LogP contribution in [0.4, 0.5) is 4.79 Å². The maximum atomic E-state index is 13.3. The maximum Gasteiger partial charge on any atom is 0.407 e. The van der Waals surface area contributed by atoms with Crippen molar-refractivity contribution in [3.05, 3.63) is 357 Å². The highest BCUT2D eigenvalue weighted by Gasteiger charge is 2.31. The van der Waals surface area contributed by atoms with Crippen LogP contribution in [-0.2, 0) is 90.2 Å². The first kappa shape index (κ1) is 85.1. The lowest BCUT2D eigenvalue weighted by Gasteiger charge is -2.17. The van der Waals surface area contributed by atoms with E-state index >= 15 is 0 Å². The Kier molecular flexibility index (Phi) is 30.3. The summed E-state index contributed by atoms with van der Waals surface area (Å²) < 4.78 is 9.61. The van der Waals surface area contributed by atoms with Gasteiger partial charge in [-0.15, -0.1) is 0 Å². The van der Waals surface area contributed by atoms with Gasteiger partial charge in [0.05, 0.1) is 34.1 Å². The Morgan fingerprint density at radius 3 is 0.941 bits per heavy atom. The summed E-state index contributed by atoms with van der Waals surface area (Å²) in [5.41, 5.74) is 27.4. The number of Topliss-reactive ketones (excluding diaryl/α,β-unsaturated/α-hetero) is 3. The predicted molar refractivity (Wildman–Crippen MR) is 439 cm³/mol. The molecule has 118 heavy (non-hydrogen) atoms. The molecular formula is C90H87N15O13. The molecule has 0 aliphatic rings. The molecule has 0 fully saturated rings. The summed E-state index contributed by atoms with van der Waals surface area (Å²) in [6.07, 6.45) is 0.878. The first-order valence-electron chi connectivity index (χ1n) is 37.5. The van der Waals surface area contributed by atoms with Crippen LogP contribution >= 0.6 is 0 Å². The Bertz CT molecular complexity index is 5270. The number of hydrogen-bond acceptors (Lipinski definition) is 16. The van der Waals surface area contributed by atoms with Gasteiger partial charge >= 0.3 is 6.09 Å². The largest absolute Gasteiger partial charge is 0.445 e. The van der Waals surface area contributed by atoms with E-state index in [2.05, 4.69) is 47.2 Å². The van der Waals surface area contributed by atoms with Crippen molar-refractivity contribution in [2.75, 3.05) is 0 Å². The van der Waals surface area contributed by atoms with Gasteiger partial charge in [0, 0.05) is 50.9 Å². The summed E-state index contributed by atoms with van der Waals surface area (Å²) in [6.45, 7) is 6.36. The van der Waals surface area contributed by atoms with Crippen molar-refractivity contribution in [3.8, 4) is 17.1 Å². The number of nitrogens with two attached hydrogens (primary N) is 3. The van der Waals surface area contributed by atoms with Gasteiger partial charge in [0.1, 0.15) is 41.8 Å². The Balaban J connectivity index is 0.000000186. The number of aromatic nitrogens is 6. The molecule has 3 atom stereocenters. The Labute approximate surface area is 679 Å². The second-order valence-electron chi connectivity index (χ2n) is 27.3. The molecule has 0 aliphatic heterocycles. The molecule has 0 saturated carbocycles. The standard InChI is InChI=1S/C31H31N5O4.C30H29N5O5.C29H27N5O4/c1-21-18-27(31(40)34-26(29(38)30(32)39)19-23-10-6-3-7-11-23)36(35-21)25-15-12-24(13-16-25)20-33-28(37)17-14-22-8-4-2-5-9-22;1-20-16-26(29(38)33-25(27(36)28(31)37)17-21-8-4-2-5-9-21)35(34-20)24-14-12-22(13-15-24)18-32-30(39)40-19-23-10-6-3-7-11-23;1-19-16-25(29(38)32-24(26(35)27(30)36)17-20-8-4-2-5-9-20)34(33-19)23-14-12-21(13-15-23)18-31-28(37)22-10-6-3-7-11-22/h2-13,15-16,18,26H,14,17,19-20H2,1H3,(H2,32,39)(H,33,37)(H,34,40);2-16,25H,17-19H2,1H3,(H2,31,37)(H,32,39)(H,33,38);2-16,24H,17-18H2,1H3,(H2,30,36)(H,31,37)(H,32,38). The molecule has 12 N–H and O–H groups in total. The van der Waals surface area contributed by atoms with Crippen molar-refractivity contribution in [3.63, 3.8) is 0 Å². The summed E-state index contributed by atoms with van der Waals surface area (Å²) in [5, 5.41) is 29.7. The lowest BCUT2D eigenvalue weighted by Crippen LogP contribution is -2.47. The monoisotopic (exact) mass is 1590 g/mol. The fourth-order valence-electron chi connectivity index (χ4n) is 12.2. The highest BCUT2D eigenvalue weighted by Crippen LogP contribution is 2.21. The Morgan fingerprint density at radius 1 is 0.331 bits per heavy atom. The van der Waals surface area contributed by atoms with Gasteiger partial charge in [-0.1, -0.05) is 206 Å². The molecule has 3 unspecified atom stereocenters. The van der Waals surface area contributed by atoms with Crippen LogP contribution in [0.15, 0.2) is 273 Å². The number of carbonyl (C=O) groups excluding carboxylic acids is 12. The highest BCUT2D eigenvalue weighted by atomic mass is 16.5. The van der Waals surface area contributed by atoms with Crippen LogP contribution in [0.1, 0.15) is 110 Å². The van der Waals surface area contributed by atoms with E-state index < -0.39 is 77.0 Å². The normalized spacial score (nSPS) is 11.4. The fourth-order valence-corrected chi connectivity index (χ4v) is 12.2. The summed E-state index contributed by atoms with van der Waals surface area (Å²) >= 11 is 0. The number of primary amides is 3. The van der Waals surface area contributed by atoms with Gasteiger partial charge in [-0.2, -0.15) is 15.3 Å². The number of hydrogen-bond donors (Lipinski definition) is 9. The van der Waals surface area contributed by atoms with E-state index in [4.69, 9.17) is 21.9 Å². The molecule has 3 aromatic heterocycles. The molecular weight excluding hydrogens is 1500 g/mol. The van der Waals surface area contributed by atoms with Crippen LogP contribution in [0.2, 0.25) is 0 Å². The van der Waals surface area contributed by atoms with Gasteiger partial charge in [0.15, 0.2) is 0 Å². The van der Waals surface area contributed by atoms with Gasteiger partial charge in [-0.25, -0.2) is 18.8 Å². The van der Waals surface area contributed by atoms with E-state index in [-0.39, 0.29) is 61.3 Å². The first-order chi connectivity index (χ1) is 56.9. The molecule has 0 aliphatic carbocycles. The number of nitrogens with one attached hydrogen (secondary N) is 6. The minimum atomic E-state index is -1.13. The van der Waals surface area contributed by atoms with Crippen LogP contribution in [0.3, 0.4) is 0 Å². The molecule has 12 aromatic rings. The molecule has 0 bridgehead atoms. The minimum absolute atomic E-state index is 0.0369. The second kappa shape index (κ2) is 42.0. The molecule has 0 spiro atoms. The van der Waals surface area contributed by atoms with Crippen LogP contribution in [0, 0.1) is 20.8 Å². The Morgan fingerprint density at radius 2 is 0.619 bits per heavy atom. The first-order valence-corrected chi connectivity index (χ1v) is 37.5. The number of nitrogens with zero attached hydrogens (tertiary/aromatic N) is 6. The van der Waals surface area contributed by atoms with E-state index in [1.807, 2.05) is 109 Å². The predicted octanol–water partition coefficient (Wildman–Crippen LogP) is 8.33. The molecule has 0 saturated heterocycles. The van der Waals surface area contributed by atoms with E-state index in [9.17, 15) is 57.5 Å². The Hall–Kier alpha value is -15.4. The highest BCUT2D eigenvalue weighted by molar-refractivity contribution is 6.39. The van der Waals surface area contributed by atoms with E-state index in [0.717, 1.165) is 44.5 Å². The fraction of sp³-hybridized carbons (Fsp3) is 0.167. The quantitative estimate of drug-likeness (QED) is 0.0174. The maximum absolute atomic E-state index is 13.3. The minimum Gasteiger partial charge on any atom is -0.445 e. The zero-order chi connectivity index (χ0) is 84.0. The van der Waals surface area contributed by atoms with Gasteiger partial charge in [-0.05, 0) is 138 Å². The van der Waals surface area contributed by atoms with Crippen LogP contribution in [0.25, 0.3) is 17.1 Å². The second-order valence-corrected chi connectivity index (χ2v) is 27.3.